The highest BCUT2D eigenvalue weighted by atomic mass is 35.5. The molecule has 0 bridgehead atoms. The standard InChI is InChI=1S/C13H22ClN3O2S/c1-3-17(4-2)7-5-10(9-18)15-13(19)16-11-6-8-20-12(11)14/h6,8,10,18H,3-5,7,9H2,1-2H3,(H2,15,16,19). The van der Waals surface area contributed by atoms with Crippen molar-refractivity contribution in [2.45, 2.75) is 26.3 Å². The van der Waals surface area contributed by atoms with Crippen LogP contribution in [0.4, 0.5) is 10.5 Å². The van der Waals surface area contributed by atoms with Crippen LogP contribution in [-0.4, -0.2) is 48.3 Å². The van der Waals surface area contributed by atoms with E-state index in [1.165, 1.54) is 11.3 Å². The molecule has 5 nitrogen and oxygen atoms in total. The van der Waals surface area contributed by atoms with Crippen LogP contribution in [0.2, 0.25) is 4.34 Å². The SMILES string of the molecule is CCN(CC)CCC(CO)NC(=O)Nc1ccsc1Cl. The average Bonchev–Trinajstić information content (AvgIpc) is 2.83. The Labute approximate surface area is 128 Å². The summed E-state index contributed by atoms with van der Waals surface area (Å²) in [5, 5.41) is 16.6. The Kier molecular flexibility index (Phi) is 7.91. The molecule has 0 aliphatic carbocycles. The molecule has 114 valence electrons. The number of nitrogens with zero attached hydrogens (tertiary/aromatic N) is 1. The van der Waals surface area contributed by atoms with Crippen LogP contribution in [-0.2, 0) is 0 Å². The molecule has 1 unspecified atom stereocenters. The van der Waals surface area contributed by atoms with Gasteiger partial charge in [-0.3, -0.25) is 0 Å². The quantitative estimate of drug-likeness (QED) is 0.690. The normalized spacial score (nSPS) is 12.4. The lowest BCUT2D eigenvalue weighted by Gasteiger charge is -2.22. The summed E-state index contributed by atoms with van der Waals surface area (Å²) in [5.41, 5.74) is 0.592. The zero-order chi connectivity index (χ0) is 15.0. The monoisotopic (exact) mass is 319 g/mol. The summed E-state index contributed by atoms with van der Waals surface area (Å²) >= 11 is 7.27. The van der Waals surface area contributed by atoms with Crippen LogP contribution in [0.3, 0.4) is 0 Å². The molecule has 7 heteroatoms. The summed E-state index contributed by atoms with van der Waals surface area (Å²) in [6.07, 6.45) is 0.711. The molecule has 0 aliphatic heterocycles. The van der Waals surface area contributed by atoms with Gasteiger partial charge in [0.25, 0.3) is 0 Å². The van der Waals surface area contributed by atoms with Gasteiger partial charge in [-0.15, -0.1) is 11.3 Å². The number of halogens is 1. The summed E-state index contributed by atoms with van der Waals surface area (Å²) in [6, 6.07) is 1.15. The molecular weight excluding hydrogens is 298 g/mol. The molecule has 3 N–H and O–H groups in total. The summed E-state index contributed by atoms with van der Waals surface area (Å²) in [7, 11) is 0. The van der Waals surface area contributed by atoms with Crippen LogP contribution in [0, 0.1) is 0 Å². The highest BCUT2D eigenvalue weighted by Crippen LogP contribution is 2.27. The molecule has 1 rings (SSSR count). The van der Waals surface area contributed by atoms with Crippen LogP contribution in [0.5, 0.6) is 0 Å². The Morgan fingerprint density at radius 2 is 2.20 bits per heavy atom. The van der Waals surface area contributed by atoms with Gasteiger partial charge >= 0.3 is 6.03 Å². The minimum Gasteiger partial charge on any atom is -0.394 e. The van der Waals surface area contributed by atoms with Crippen molar-refractivity contribution in [3.8, 4) is 0 Å². The molecular formula is C13H22ClN3O2S. The molecule has 2 amide bonds. The van der Waals surface area contributed by atoms with Crippen LogP contribution in [0.25, 0.3) is 0 Å². The van der Waals surface area contributed by atoms with Gasteiger partial charge in [0.05, 0.1) is 18.3 Å². The fourth-order valence-electron chi connectivity index (χ4n) is 1.81. The number of urea groups is 1. The Bertz CT molecular complexity index is 410. The molecule has 0 fully saturated rings. The fourth-order valence-corrected chi connectivity index (χ4v) is 2.65. The largest absolute Gasteiger partial charge is 0.394 e. The lowest BCUT2D eigenvalue weighted by Crippen LogP contribution is -2.42. The molecule has 0 saturated heterocycles. The molecule has 0 spiro atoms. The van der Waals surface area contributed by atoms with E-state index in [9.17, 15) is 9.90 Å². The number of anilines is 1. The van der Waals surface area contributed by atoms with Crippen LogP contribution in [0.1, 0.15) is 20.3 Å². The van der Waals surface area contributed by atoms with E-state index in [0.29, 0.717) is 16.4 Å². The minimum atomic E-state index is -0.344. The summed E-state index contributed by atoms with van der Waals surface area (Å²) in [6.45, 7) is 6.88. The molecule has 20 heavy (non-hydrogen) atoms. The molecule has 0 aromatic carbocycles. The lowest BCUT2D eigenvalue weighted by molar-refractivity contribution is 0.206. The number of carbonyl (C=O) groups excluding carboxylic acids is 1. The van der Waals surface area contributed by atoms with E-state index in [-0.39, 0.29) is 18.7 Å². The molecule has 0 saturated carbocycles. The third-order valence-corrected chi connectivity index (χ3v) is 4.28. The third-order valence-electron chi connectivity index (χ3n) is 3.11. The molecule has 1 atom stereocenters. The van der Waals surface area contributed by atoms with E-state index in [1.807, 2.05) is 5.38 Å². The first-order valence-corrected chi connectivity index (χ1v) is 8.00. The van der Waals surface area contributed by atoms with Gasteiger partial charge in [0, 0.05) is 6.54 Å². The number of thiophene rings is 1. The van der Waals surface area contributed by atoms with E-state index in [2.05, 4.69) is 29.4 Å². The molecule has 1 aromatic heterocycles. The molecule has 0 aliphatic rings. The van der Waals surface area contributed by atoms with E-state index in [0.717, 1.165) is 19.6 Å². The number of hydrogen-bond donors (Lipinski definition) is 3. The maximum Gasteiger partial charge on any atom is 0.319 e. The first kappa shape index (κ1) is 17.2. The number of rotatable bonds is 8. The van der Waals surface area contributed by atoms with Crippen molar-refractivity contribution in [1.82, 2.24) is 10.2 Å². The predicted octanol–water partition coefficient (Wildman–Crippen LogP) is 2.62. The Balaban J connectivity index is 2.39. The number of hydrogen-bond acceptors (Lipinski definition) is 4. The predicted molar refractivity (Wildman–Crippen MR) is 84.8 cm³/mol. The van der Waals surface area contributed by atoms with Gasteiger partial charge in [-0.05, 0) is 31.0 Å². The molecule has 1 heterocycles. The van der Waals surface area contributed by atoms with E-state index in [1.54, 1.807) is 6.07 Å². The lowest BCUT2D eigenvalue weighted by atomic mass is 10.2. The number of carbonyl (C=O) groups is 1. The van der Waals surface area contributed by atoms with Crippen LogP contribution >= 0.6 is 22.9 Å². The summed E-state index contributed by atoms with van der Waals surface area (Å²) in [5.74, 6) is 0. The maximum atomic E-state index is 11.8. The smallest absolute Gasteiger partial charge is 0.319 e. The van der Waals surface area contributed by atoms with Crippen LogP contribution < -0.4 is 10.6 Å². The minimum absolute atomic E-state index is 0.0773. The van der Waals surface area contributed by atoms with Gasteiger partial charge in [-0.25, -0.2) is 4.79 Å². The van der Waals surface area contributed by atoms with Gasteiger partial charge in [0.1, 0.15) is 4.34 Å². The van der Waals surface area contributed by atoms with E-state index >= 15 is 0 Å². The van der Waals surface area contributed by atoms with Crippen molar-refractivity contribution in [1.29, 1.82) is 0 Å². The van der Waals surface area contributed by atoms with E-state index < -0.39 is 0 Å². The van der Waals surface area contributed by atoms with Gasteiger partial charge in [-0.1, -0.05) is 25.4 Å². The van der Waals surface area contributed by atoms with Crippen molar-refractivity contribution in [2.24, 2.45) is 0 Å². The Hall–Kier alpha value is -0.820. The van der Waals surface area contributed by atoms with Gasteiger partial charge in [-0.2, -0.15) is 0 Å². The van der Waals surface area contributed by atoms with Crippen molar-refractivity contribution in [2.75, 3.05) is 31.6 Å². The molecule has 0 radical (unpaired) electrons. The Morgan fingerprint density at radius 1 is 1.50 bits per heavy atom. The molecule has 1 aromatic rings. The highest BCUT2D eigenvalue weighted by molar-refractivity contribution is 7.15. The second kappa shape index (κ2) is 9.18. The first-order chi connectivity index (χ1) is 9.60. The maximum absolute atomic E-state index is 11.8. The highest BCUT2D eigenvalue weighted by Gasteiger charge is 2.13. The number of aliphatic hydroxyl groups excluding tert-OH is 1. The van der Waals surface area contributed by atoms with Gasteiger partial charge in [0.2, 0.25) is 0 Å². The van der Waals surface area contributed by atoms with E-state index in [4.69, 9.17) is 11.6 Å². The van der Waals surface area contributed by atoms with Crippen LogP contribution in [0.15, 0.2) is 11.4 Å². The fraction of sp³-hybridized carbons (Fsp3) is 0.615. The third kappa shape index (κ3) is 5.66. The second-order valence-corrected chi connectivity index (χ2v) is 5.92. The summed E-state index contributed by atoms with van der Waals surface area (Å²) < 4.78 is 0.545. The van der Waals surface area contributed by atoms with Gasteiger partial charge < -0.3 is 20.6 Å². The summed E-state index contributed by atoms with van der Waals surface area (Å²) in [4.78, 5) is 14.1. The number of amides is 2. The zero-order valence-corrected chi connectivity index (χ0v) is 13.4. The second-order valence-electron chi connectivity index (χ2n) is 4.40. The van der Waals surface area contributed by atoms with Gasteiger partial charge in [0.15, 0.2) is 0 Å². The van der Waals surface area contributed by atoms with Crippen molar-refractivity contribution in [3.05, 3.63) is 15.8 Å². The van der Waals surface area contributed by atoms with Crippen molar-refractivity contribution in [3.63, 3.8) is 0 Å². The number of aliphatic hydroxyl groups is 1. The van der Waals surface area contributed by atoms with Crippen molar-refractivity contribution < 1.29 is 9.90 Å². The van der Waals surface area contributed by atoms with Crippen molar-refractivity contribution >= 4 is 34.7 Å². The Morgan fingerprint density at radius 3 is 2.70 bits per heavy atom. The zero-order valence-electron chi connectivity index (χ0n) is 11.9. The number of nitrogens with one attached hydrogen (secondary N) is 2. The first-order valence-electron chi connectivity index (χ1n) is 6.74. The topological polar surface area (TPSA) is 64.6 Å². The average molecular weight is 320 g/mol.